The van der Waals surface area contributed by atoms with Crippen LogP contribution in [0.3, 0.4) is 0 Å². The first-order valence-corrected chi connectivity index (χ1v) is 10.4. The fourth-order valence-electron chi connectivity index (χ4n) is 4.13. The molecule has 3 heterocycles. The smallest absolute Gasteiger partial charge is 0.383 e. The Morgan fingerprint density at radius 1 is 1.24 bits per heavy atom. The lowest BCUT2D eigenvalue weighted by Crippen LogP contribution is -2.42. The van der Waals surface area contributed by atoms with Gasteiger partial charge in [0.25, 0.3) is 5.91 Å². The molecule has 2 atom stereocenters. The zero-order chi connectivity index (χ0) is 23.8. The van der Waals surface area contributed by atoms with Crippen LogP contribution in [0.25, 0.3) is 11.0 Å². The Bertz CT molecular complexity index is 1240. The lowest BCUT2D eigenvalue weighted by molar-refractivity contribution is -0.137. The zero-order valence-electron chi connectivity index (χ0n) is 17.8. The van der Waals surface area contributed by atoms with Gasteiger partial charge in [-0.1, -0.05) is 0 Å². The molecule has 0 spiro atoms. The van der Waals surface area contributed by atoms with E-state index in [4.69, 9.17) is 5.73 Å². The maximum absolute atomic E-state index is 13.5. The molecular formula is C23H21F3N6O. The summed E-state index contributed by atoms with van der Waals surface area (Å²) in [5, 5.41) is 10.2. The highest BCUT2D eigenvalue weighted by atomic mass is 19.4. The van der Waals surface area contributed by atoms with Crippen molar-refractivity contribution in [2.24, 2.45) is 5.92 Å². The second-order valence-corrected chi connectivity index (χ2v) is 8.16. The van der Waals surface area contributed by atoms with Crippen LogP contribution in [0.4, 0.5) is 19.0 Å². The van der Waals surface area contributed by atoms with Crippen LogP contribution in [0.15, 0.2) is 36.7 Å². The SMILES string of the molecule is Cc1cc2cc(C(=O)N(Cc3ccc(C(F)(F)F)cn3)[C@@H]3CCC[C@H]3C#N)cnc2nc1N. The first-order chi connectivity index (χ1) is 15.7. The highest BCUT2D eigenvalue weighted by Crippen LogP contribution is 2.32. The predicted octanol–water partition coefficient (Wildman–Crippen LogP) is 4.27. The number of alkyl halides is 3. The Morgan fingerprint density at radius 3 is 2.70 bits per heavy atom. The fourth-order valence-corrected chi connectivity index (χ4v) is 4.13. The average molecular weight is 454 g/mol. The van der Waals surface area contributed by atoms with E-state index in [1.54, 1.807) is 19.1 Å². The highest BCUT2D eigenvalue weighted by Gasteiger charge is 2.36. The van der Waals surface area contributed by atoms with Crippen LogP contribution in [-0.2, 0) is 12.7 Å². The third-order valence-electron chi connectivity index (χ3n) is 5.94. The number of nitriles is 1. The summed E-state index contributed by atoms with van der Waals surface area (Å²) in [6, 6.07) is 7.54. The number of fused-ring (bicyclic) bond motifs is 1. The van der Waals surface area contributed by atoms with Crippen LogP contribution in [0.1, 0.15) is 46.4 Å². The number of hydrogen-bond donors (Lipinski definition) is 1. The van der Waals surface area contributed by atoms with Crippen molar-refractivity contribution >= 4 is 22.8 Å². The van der Waals surface area contributed by atoms with Crippen molar-refractivity contribution in [3.8, 4) is 6.07 Å². The number of hydrogen-bond acceptors (Lipinski definition) is 6. The van der Waals surface area contributed by atoms with Crippen LogP contribution in [0.2, 0.25) is 0 Å². The van der Waals surface area contributed by atoms with Crippen LogP contribution in [0, 0.1) is 24.2 Å². The molecule has 0 bridgehead atoms. The van der Waals surface area contributed by atoms with Crippen LogP contribution < -0.4 is 5.73 Å². The van der Waals surface area contributed by atoms with E-state index in [-0.39, 0.29) is 24.4 Å². The predicted molar refractivity (Wildman–Crippen MR) is 115 cm³/mol. The van der Waals surface area contributed by atoms with Gasteiger partial charge < -0.3 is 10.6 Å². The molecule has 10 heteroatoms. The molecule has 2 N–H and O–H groups in total. The maximum atomic E-state index is 13.5. The van der Waals surface area contributed by atoms with Crippen LogP contribution in [0.5, 0.6) is 0 Å². The van der Waals surface area contributed by atoms with Gasteiger partial charge in [0.2, 0.25) is 0 Å². The van der Waals surface area contributed by atoms with Gasteiger partial charge >= 0.3 is 6.18 Å². The molecule has 3 aromatic heterocycles. The fraction of sp³-hybridized carbons (Fsp3) is 0.348. The third kappa shape index (κ3) is 4.58. The summed E-state index contributed by atoms with van der Waals surface area (Å²) in [5.74, 6) is -0.375. The van der Waals surface area contributed by atoms with E-state index < -0.39 is 11.7 Å². The van der Waals surface area contributed by atoms with E-state index in [0.717, 1.165) is 24.2 Å². The number of nitrogens with two attached hydrogens (primary N) is 1. The van der Waals surface area contributed by atoms with Crippen molar-refractivity contribution in [1.82, 2.24) is 19.9 Å². The van der Waals surface area contributed by atoms with Gasteiger partial charge in [-0.05, 0) is 56.0 Å². The Hall–Kier alpha value is -3.74. The van der Waals surface area contributed by atoms with E-state index in [1.807, 2.05) is 0 Å². The van der Waals surface area contributed by atoms with Gasteiger partial charge in [0, 0.05) is 23.8 Å². The number of rotatable bonds is 4. The second kappa shape index (κ2) is 8.65. The quantitative estimate of drug-likeness (QED) is 0.631. The average Bonchev–Trinajstić information content (AvgIpc) is 3.26. The number of pyridine rings is 3. The highest BCUT2D eigenvalue weighted by molar-refractivity contribution is 5.97. The molecule has 1 aliphatic carbocycles. The Morgan fingerprint density at radius 2 is 2.03 bits per heavy atom. The van der Waals surface area contributed by atoms with E-state index >= 15 is 0 Å². The summed E-state index contributed by atoms with van der Waals surface area (Å²) in [7, 11) is 0. The molecule has 0 aromatic carbocycles. The number of amides is 1. The minimum atomic E-state index is -4.50. The monoisotopic (exact) mass is 454 g/mol. The normalized spacial score (nSPS) is 18.3. The molecule has 1 aliphatic rings. The molecule has 3 aromatic rings. The lowest BCUT2D eigenvalue weighted by Gasteiger charge is -2.31. The number of nitrogen functional groups attached to an aromatic ring is 1. The van der Waals surface area contributed by atoms with Crippen LogP contribution in [-0.4, -0.2) is 31.8 Å². The molecule has 1 amide bonds. The number of carbonyl (C=O) groups excluding carboxylic acids is 1. The molecule has 1 fully saturated rings. The van der Waals surface area contributed by atoms with Gasteiger partial charge in [-0.25, -0.2) is 9.97 Å². The summed E-state index contributed by atoms with van der Waals surface area (Å²) < 4.78 is 38.7. The van der Waals surface area contributed by atoms with Gasteiger partial charge in [0.15, 0.2) is 5.65 Å². The molecule has 7 nitrogen and oxygen atoms in total. The minimum absolute atomic E-state index is 0.0170. The number of carbonyl (C=O) groups is 1. The molecular weight excluding hydrogens is 433 g/mol. The summed E-state index contributed by atoms with van der Waals surface area (Å²) in [5.41, 5.74) is 6.73. The van der Waals surface area contributed by atoms with Gasteiger partial charge in [0.1, 0.15) is 5.82 Å². The molecule has 33 heavy (non-hydrogen) atoms. The van der Waals surface area contributed by atoms with Crippen molar-refractivity contribution in [1.29, 1.82) is 5.26 Å². The molecule has 170 valence electrons. The molecule has 0 radical (unpaired) electrons. The molecule has 0 unspecified atom stereocenters. The van der Waals surface area contributed by atoms with Gasteiger partial charge in [-0.15, -0.1) is 0 Å². The lowest BCUT2D eigenvalue weighted by atomic mass is 10.0. The van der Waals surface area contributed by atoms with Gasteiger partial charge in [0.05, 0.1) is 35.4 Å². The second-order valence-electron chi connectivity index (χ2n) is 8.16. The van der Waals surface area contributed by atoms with E-state index in [0.29, 0.717) is 41.0 Å². The Kier molecular flexibility index (Phi) is 5.89. The van der Waals surface area contributed by atoms with Crippen molar-refractivity contribution in [3.05, 3.63) is 59.0 Å². The standard InChI is InChI=1S/C23H21F3N6O/c1-13-7-15-8-16(10-30-21(15)31-20(13)28)22(33)32(19-4-2-3-14(19)9-27)12-18-6-5-17(11-29-18)23(24,25)26/h5-8,10-11,14,19H,2-4,12H2,1H3,(H2,28,30,31)/t14-,19+/m0/s1. The molecule has 4 rings (SSSR count). The third-order valence-corrected chi connectivity index (χ3v) is 5.94. The van der Waals surface area contributed by atoms with Crippen molar-refractivity contribution in [2.45, 2.75) is 44.9 Å². The zero-order valence-corrected chi connectivity index (χ0v) is 17.8. The largest absolute Gasteiger partial charge is 0.417 e. The Labute approximate surface area is 188 Å². The van der Waals surface area contributed by atoms with Crippen molar-refractivity contribution < 1.29 is 18.0 Å². The number of aryl methyl sites for hydroxylation is 1. The van der Waals surface area contributed by atoms with Gasteiger partial charge in [-0.3, -0.25) is 9.78 Å². The topological polar surface area (TPSA) is 109 Å². The van der Waals surface area contributed by atoms with E-state index in [2.05, 4.69) is 21.0 Å². The Balaban J connectivity index is 1.69. The van der Waals surface area contributed by atoms with Crippen LogP contribution >= 0.6 is 0 Å². The summed E-state index contributed by atoms with van der Waals surface area (Å²) >= 11 is 0. The minimum Gasteiger partial charge on any atom is -0.383 e. The molecule has 1 saturated carbocycles. The summed E-state index contributed by atoms with van der Waals surface area (Å²) in [4.78, 5) is 27.5. The summed E-state index contributed by atoms with van der Waals surface area (Å²) in [6.45, 7) is 1.78. The summed E-state index contributed by atoms with van der Waals surface area (Å²) in [6.07, 6.45) is -0.274. The van der Waals surface area contributed by atoms with E-state index in [1.165, 1.54) is 17.2 Å². The number of halogens is 3. The maximum Gasteiger partial charge on any atom is 0.417 e. The number of aromatic nitrogens is 3. The molecule has 0 aliphatic heterocycles. The van der Waals surface area contributed by atoms with Crippen molar-refractivity contribution in [2.75, 3.05) is 5.73 Å². The first-order valence-electron chi connectivity index (χ1n) is 10.4. The van der Waals surface area contributed by atoms with Crippen molar-refractivity contribution in [3.63, 3.8) is 0 Å². The number of nitrogens with zero attached hydrogens (tertiary/aromatic N) is 5. The van der Waals surface area contributed by atoms with E-state index in [9.17, 15) is 23.2 Å². The van der Waals surface area contributed by atoms with Gasteiger partial charge in [-0.2, -0.15) is 18.4 Å². The number of anilines is 1. The molecule has 0 saturated heterocycles. The first kappa shape index (κ1) is 22.5.